The van der Waals surface area contributed by atoms with Gasteiger partial charge < -0.3 is 9.47 Å². The number of fused-ring (bicyclic) bond motifs is 1. The molecular formula is C15H11BrO4S. The molecule has 0 fully saturated rings. The Balaban J connectivity index is 2.01. The predicted molar refractivity (Wildman–Crippen MR) is 82.9 cm³/mol. The summed E-state index contributed by atoms with van der Waals surface area (Å²) in [6.45, 7) is 0. The third-order valence-corrected chi connectivity index (χ3v) is 5.07. The minimum atomic E-state index is -3.49. The van der Waals surface area contributed by atoms with Gasteiger partial charge in [-0.1, -0.05) is 15.9 Å². The lowest BCUT2D eigenvalue weighted by molar-refractivity contribution is 0.413. The Morgan fingerprint density at radius 1 is 1.00 bits per heavy atom. The van der Waals surface area contributed by atoms with Gasteiger partial charge in [0, 0.05) is 10.0 Å². The largest absolute Gasteiger partial charge is 0.497 e. The molecule has 6 heteroatoms. The quantitative estimate of drug-likeness (QED) is 0.832. The van der Waals surface area contributed by atoms with Crippen molar-refractivity contribution in [3.05, 3.63) is 57.9 Å². The van der Waals surface area contributed by atoms with Crippen LogP contribution >= 0.6 is 15.9 Å². The molecule has 0 saturated carbocycles. The molecule has 1 heterocycles. The van der Waals surface area contributed by atoms with Crippen molar-refractivity contribution in [1.82, 2.24) is 0 Å². The molecule has 1 aliphatic heterocycles. The number of benzene rings is 2. The van der Waals surface area contributed by atoms with E-state index in [4.69, 9.17) is 9.47 Å². The summed E-state index contributed by atoms with van der Waals surface area (Å²) in [4.78, 5) is 0.203. The van der Waals surface area contributed by atoms with E-state index in [2.05, 4.69) is 15.9 Å². The van der Waals surface area contributed by atoms with Gasteiger partial charge in [0.1, 0.15) is 17.3 Å². The molecule has 2 aromatic carbocycles. The maximum Gasteiger partial charge on any atom is 0.204 e. The fourth-order valence-corrected chi connectivity index (χ4v) is 3.65. The van der Waals surface area contributed by atoms with Gasteiger partial charge in [0.2, 0.25) is 9.84 Å². The van der Waals surface area contributed by atoms with Crippen molar-refractivity contribution in [3.8, 4) is 11.5 Å². The van der Waals surface area contributed by atoms with Gasteiger partial charge in [0.05, 0.1) is 17.4 Å². The number of sulfone groups is 1. The van der Waals surface area contributed by atoms with Crippen LogP contribution in [0, 0.1) is 0 Å². The highest BCUT2D eigenvalue weighted by molar-refractivity contribution is 9.10. The predicted octanol–water partition coefficient (Wildman–Crippen LogP) is 3.62. The van der Waals surface area contributed by atoms with Crippen molar-refractivity contribution in [2.45, 2.75) is 4.90 Å². The topological polar surface area (TPSA) is 52.6 Å². The highest BCUT2D eigenvalue weighted by Crippen LogP contribution is 2.37. The number of halogens is 1. The summed E-state index contributed by atoms with van der Waals surface area (Å²) in [6, 6.07) is 12.1. The van der Waals surface area contributed by atoms with E-state index in [0.29, 0.717) is 22.8 Å². The van der Waals surface area contributed by atoms with Crippen molar-refractivity contribution in [1.29, 1.82) is 0 Å². The van der Waals surface area contributed by atoms with Crippen LogP contribution in [0.3, 0.4) is 0 Å². The molecule has 0 bridgehead atoms. The standard InChI is InChI=1S/C15H11BrO4S/c1-19-12-6-7-13-14(9-21(17,18)15(13)8-12)20-11-4-2-10(16)3-5-11/h2-9H,1H3. The third-order valence-electron chi connectivity index (χ3n) is 3.06. The monoisotopic (exact) mass is 366 g/mol. The van der Waals surface area contributed by atoms with Gasteiger partial charge in [0.15, 0.2) is 0 Å². The van der Waals surface area contributed by atoms with E-state index in [1.54, 1.807) is 24.3 Å². The molecule has 0 spiro atoms. The lowest BCUT2D eigenvalue weighted by Crippen LogP contribution is -1.95. The molecule has 1 aliphatic rings. The second kappa shape index (κ2) is 5.20. The minimum Gasteiger partial charge on any atom is -0.497 e. The van der Waals surface area contributed by atoms with Crippen LogP contribution in [-0.2, 0) is 9.84 Å². The second-order valence-electron chi connectivity index (χ2n) is 4.45. The van der Waals surface area contributed by atoms with E-state index < -0.39 is 9.84 Å². The molecule has 0 amide bonds. The highest BCUT2D eigenvalue weighted by atomic mass is 79.9. The van der Waals surface area contributed by atoms with Crippen molar-refractivity contribution < 1.29 is 17.9 Å². The Kier molecular flexibility index (Phi) is 3.51. The van der Waals surface area contributed by atoms with Gasteiger partial charge in [-0.2, -0.15) is 0 Å². The summed E-state index contributed by atoms with van der Waals surface area (Å²) in [7, 11) is -2.00. The zero-order valence-electron chi connectivity index (χ0n) is 11.0. The van der Waals surface area contributed by atoms with E-state index in [1.165, 1.54) is 13.2 Å². The minimum absolute atomic E-state index is 0.203. The summed E-state index contributed by atoms with van der Waals surface area (Å²) < 4.78 is 36.0. The number of hydrogen-bond donors (Lipinski definition) is 0. The lowest BCUT2D eigenvalue weighted by Gasteiger charge is -2.08. The fraction of sp³-hybridized carbons (Fsp3) is 0.0667. The third kappa shape index (κ3) is 2.69. The normalized spacial score (nSPS) is 15.2. The zero-order chi connectivity index (χ0) is 15.0. The van der Waals surface area contributed by atoms with Crippen LogP contribution in [0.5, 0.6) is 11.5 Å². The van der Waals surface area contributed by atoms with Gasteiger partial charge in [-0.05, 0) is 42.5 Å². The number of ether oxygens (including phenoxy) is 2. The first-order valence-corrected chi connectivity index (χ1v) is 8.42. The fourth-order valence-electron chi connectivity index (χ4n) is 2.05. The number of rotatable bonds is 3. The molecule has 108 valence electrons. The van der Waals surface area contributed by atoms with Crippen molar-refractivity contribution in [2.75, 3.05) is 7.11 Å². The Labute approximate surface area is 131 Å². The van der Waals surface area contributed by atoms with E-state index in [0.717, 1.165) is 9.88 Å². The summed E-state index contributed by atoms with van der Waals surface area (Å²) >= 11 is 3.34. The first kappa shape index (κ1) is 14.2. The molecule has 0 N–H and O–H groups in total. The Bertz CT molecular complexity index is 823. The van der Waals surface area contributed by atoms with Crippen LogP contribution in [0.1, 0.15) is 5.56 Å². The average molecular weight is 367 g/mol. The molecule has 0 unspecified atom stereocenters. The van der Waals surface area contributed by atoms with Crippen LogP contribution in [0.2, 0.25) is 0 Å². The first-order valence-electron chi connectivity index (χ1n) is 6.08. The Hall–Kier alpha value is -1.79. The lowest BCUT2D eigenvalue weighted by atomic mass is 10.2. The molecule has 0 radical (unpaired) electrons. The summed E-state index contributed by atoms with van der Waals surface area (Å²) in [5.74, 6) is 1.38. The van der Waals surface area contributed by atoms with Gasteiger partial charge in [0.25, 0.3) is 0 Å². The molecule has 0 aromatic heterocycles. The van der Waals surface area contributed by atoms with Gasteiger partial charge in [-0.15, -0.1) is 0 Å². The van der Waals surface area contributed by atoms with Crippen LogP contribution in [0.25, 0.3) is 5.76 Å². The summed E-state index contributed by atoms with van der Waals surface area (Å²) in [6.07, 6.45) is 0. The van der Waals surface area contributed by atoms with Crippen molar-refractivity contribution in [2.24, 2.45) is 0 Å². The van der Waals surface area contributed by atoms with Crippen molar-refractivity contribution >= 4 is 31.5 Å². The van der Waals surface area contributed by atoms with Gasteiger partial charge in [-0.25, -0.2) is 8.42 Å². The summed E-state index contributed by atoms with van der Waals surface area (Å²) in [5.41, 5.74) is 0.540. The molecule has 21 heavy (non-hydrogen) atoms. The molecule has 0 aliphatic carbocycles. The smallest absolute Gasteiger partial charge is 0.204 e. The molecular weight excluding hydrogens is 356 g/mol. The maximum absolute atomic E-state index is 12.2. The molecule has 0 atom stereocenters. The Morgan fingerprint density at radius 3 is 2.33 bits per heavy atom. The zero-order valence-corrected chi connectivity index (χ0v) is 13.4. The summed E-state index contributed by atoms with van der Waals surface area (Å²) in [5, 5.41) is 1.14. The van der Waals surface area contributed by atoms with E-state index >= 15 is 0 Å². The van der Waals surface area contributed by atoms with Crippen LogP contribution in [-0.4, -0.2) is 15.5 Å². The number of methoxy groups -OCH3 is 1. The van der Waals surface area contributed by atoms with E-state index in [1.807, 2.05) is 12.1 Å². The maximum atomic E-state index is 12.2. The van der Waals surface area contributed by atoms with E-state index in [9.17, 15) is 8.42 Å². The molecule has 4 nitrogen and oxygen atoms in total. The van der Waals surface area contributed by atoms with Crippen LogP contribution in [0.15, 0.2) is 57.2 Å². The van der Waals surface area contributed by atoms with E-state index in [-0.39, 0.29) is 4.90 Å². The molecule has 3 rings (SSSR count). The van der Waals surface area contributed by atoms with Gasteiger partial charge in [-0.3, -0.25) is 0 Å². The first-order chi connectivity index (χ1) is 9.99. The second-order valence-corrected chi connectivity index (χ2v) is 7.13. The van der Waals surface area contributed by atoms with Gasteiger partial charge >= 0.3 is 0 Å². The highest BCUT2D eigenvalue weighted by Gasteiger charge is 2.29. The Morgan fingerprint density at radius 2 is 1.67 bits per heavy atom. The van der Waals surface area contributed by atoms with Crippen molar-refractivity contribution in [3.63, 3.8) is 0 Å². The molecule has 2 aromatic rings. The van der Waals surface area contributed by atoms with Crippen LogP contribution in [0.4, 0.5) is 0 Å². The number of hydrogen-bond acceptors (Lipinski definition) is 4. The molecule has 0 saturated heterocycles. The van der Waals surface area contributed by atoms with Crippen LogP contribution < -0.4 is 9.47 Å². The average Bonchev–Trinajstić information content (AvgIpc) is 2.72. The SMILES string of the molecule is COc1ccc2c(c1)S(=O)(=O)C=C2Oc1ccc(Br)cc1.